The van der Waals surface area contributed by atoms with E-state index >= 15 is 0 Å². The Labute approximate surface area is 185 Å². The quantitative estimate of drug-likeness (QED) is 0.515. The molecule has 2 atom stereocenters. The zero-order valence-corrected chi connectivity index (χ0v) is 20.2. The van der Waals surface area contributed by atoms with E-state index in [4.69, 9.17) is 0 Å². The van der Waals surface area contributed by atoms with Crippen LogP contribution in [-0.4, -0.2) is 37.6 Å². The molecule has 0 saturated carbocycles. The number of carbonyl (C=O) groups is 1. The zero-order valence-electron chi connectivity index (χ0n) is 19.3. The number of nitrogens with zero attached hydrogens (tertiary/aromatic N) is 5. The Morgan fingerprint density at radius 2 is 2.03 bits per heavy atom. The number of aromatic nitrogens is 4. The van der Waals surface area contributed by atoms with Gasteiger partial charge in [-0.1, -0.05) is 46.8 Å². The first-order valence-electron chi connectivity index (χ1n) is 11.0. The second kappa shape index (κ2) is 13.9. The van der Waals surface area contributed by atoms with Gasteiger partial charge in [0, 0.05) is 17.6 Å². The number of thiophene rings is 1. The van der Waals surface area contributed by atoms with E-state index in [1.807, 2.05) is 70.0 Å². The molecule has 1 saturated heterocycles. The molecule has 6 nitrogen and oxygen atoms in total. The summed E-state index contributed by atoms with van der Waals surface area (Å²) in [6, 6.07) is 3.79. The van der Waals surface area contributed by atoms with Gasteiger partial charge in [-0.15, -0.1) is 32.9 Å². The number of amides is 1. The fourth-order valence-corrected chi connectivity index (χ4v) is 3.96. The van der Waals surface area contributed by atoms with Gasteiger partial charge in [0.25, 0.3) is 5.91 Å². The topological polar surface area (TPSA) is 63.9 Å². The predicted molar refractivity (Wildman–Crippen MR) is 127 cm³/mol. The van der Waals surface area contributed by atoms with Gasteiger partial charge in [-0.25, -0.2) is 0 Å². The summed E-state index contributed by atoms with van der Waals surface area (Å²) in [5.41, 5.74) is 0. The van der Waals surface area contributed by atoms with Crippen molar-refractivity contribution in [2.75, 3.05) is 6.54 Å². The van der Waals surface area contributed by atoms with Crippen LogP contribution in [0.3, 0.4) is 0 Å². The summed E-state index contributed by atoms with van der Waals surface area (Å²) in [7, 11) is 0. The number of likely N-dealkylation sites (tertiary alicyclic amines) is 1. The summed E-state index contributed by atoms with van der Waals surface area (Å²) in [4.78, 5) is 18.2. The van der Waals surface area contributed by atoms with Gasteiger partial charge in [0.1, 0.15) is 0 Å². The second-order valence-electron chi connectivity index (χ2n) is 6.73. The SMILES string of the molecule is C=CCC(C)/C=C/n1nnc(C2CCCCN2C(=O)c2ccc(C)s2)n1.CC.CC. The van der Waals surface area contributed by atoms with Crippen molar-refractivity contribution >= 4 is 23.4 Å². The average molecular weight is 432 g/mol. The van der Waals surface area contributed by atoms with Gasteiger partial charge in [0.05, 0.1) is 10.9 Å². The maximum Gasteiger partial charge on any atom is 0.264 e. The van der Waals surface area contributed by atoms with Crippen LogP contribution in [0.1, 0.15) is 86.7 Å². The monoisotopic (exact) mass is 431 g/mol. The van der Waals surface area contributed by atoms with Crippen LogP contribution in [0.25, 0.3) is 6.20 Å². The maximum atomic E-state index is 12.9. The van der Waals surface area contributed by atoms with Gasteiger partial charge in [-0.2, -0.15) is 0 Å². The summed E-state index contributed by atoms with van der Waals surface area (Å²) in [5, 5.41) is 12.8. The van der Waals surface area contributed by atoms with Crippen molar-refractivity contribution in [3.8, 4) is 0 Å². The van der Waals surface area contributed by atoms with E-state index < -0.39 is 0 Å². The highest BCUT2D eigenvalue weighted by atomic mass is 32.1. The van der Waals surface area contributed by atoms with Crippen LogP contribution < -0.4 is 0 Å². The van der Waals surface area contributed by atoms with Crippen LogP contribution in [0.2, 0.25) is 0 Å². The Morgan fingerprint density at radius 1 is 1.30 bits per heavy atom. The van der Waals surface area contributed by atoms with Crippen molar-refractivity contribution in [3.63, 3.8) is 0 Å². The van der Waals surface area contributed by atoms with Crippen molar-refractivity contribution in [1.82, 2.24) is 25.1 Å². The van der Waals surface area contributed by atoms with E-state index in [0.29, 0.717) is 11.7 Å². The number of carbonyl (C=O) groups excluding carboxylic acids is 1. The Hall–Kier alpha value is -2.28. The number of aryl methyl sites for hydroxylation is 1. The lowest BCUT2D eigenvalue weighted by Crippen LogP contribution is -2.38. The minimum Gasteiger partial charge on any atom is -0.328 e. The normalized spacial score (nSPS) is 16.9. The van der Waals surface area contributed by atoms with E-state index in [0.717, 1.165) is 42.0 Å². The third kappa shape index (κ3) is 7.20. The summed E-state index contributed by atoms with van der Waals surface area (Å²) in [6.45, 7) is 16.6. The van der Waals surface area contributed by atoms with Crippen molar-refractivity contribution in [1.29, 1.82) is 0 Å². The van der Waals surface area contributed by atoms with E-state index in [1.165, 1.54) is 16.1 Å². The van der Waals surface area contributed by atoms with Crippen LogP contribution in [-0.2, 0) is 0 Å². The van der Waals surface area contributed by atoms with Crippen molar-refractivity contribution in [2.45, 2.75) is 73.3 Å². The first-order valence-corrected chi connectivity index (χ1v) is 11.9. The molecular weight excluding hydrogens is 394 g/mol. The second-order valence-corrected chi connectivity index (χ2v) is 8.02. The van der Waals surface area contributed by atoms with Crippen LogP contribution in [0.4, 0.5) is 0 Å². The van der Waals surface area contributed by atoms with Gasteiger partial charge in [0.2, 0.25) is 0 Å². The van der Waals surface area contributed by atoms with Crippen LogP contribution in [0.5, 0.6) is 0 Å². The Balaban J connectivity index is 0.00000106. The lowest BCUT2D eigenvalue weighted by atomic mass is 10.0. The van der Waals surface area contributed by atoms with Crippen molar-refractivity contribution in [3.05, 3.63) is 46.4 Å². The maximum absolute atomic E-state index is 12.9. The molecule has 1 aliphatic rings. The van der Waals surface area contributed by atoms with Crippen LogP contribution in [0.15, 0.2) is 30.9 Å². The largest absolute Gasteiger partial charge is 0.328 e. The molecule has 2 aromatic heterocycles. The molecule has 0 spiro atoms. The van der Waals surface area contributed by atoms with Gasteiger partial charge in [-0.3, -0.25) is 4.79 Å². The van der Waals surface area contributed by atoms with Crippen LogP contribution >= 0.6 is 11.3 Å². The smallest absolute Gasteiger partial charge is 0.264 e. The lowest BCUT2D eigenvalue weighted by molar-refractivity contribution is 0.0605. The minimum absolute atomic E-state index is 0.0688. The molecule has 0 aromatic carbocycles. The van der Waals surface area contributed by atoms with E-state index in [-0.39, 0.29) is 11.9 Å². The van der Waals surface area contributed by atoms with E-state index in [1.54, 1.807) is 0 Å². The molecule has 166 valence electrons. The number of hydrogen-bond donors (Lipinski definition) is 0. The fourth-order valence-electron chi connectivity index (χ4n) is 3.13. The molecule has 2 aromatic rings. The zero-order chi connectivity index (χ0) is 22.5. The van der Waals surface area contributed by atoms with Gasteiger partial charge < -0.3 is 4.90 Å². The molecule has 30 heavy (non-hydrogen) atoms. The molecule has 3 heterocycles. The molecule has 1 fully saturated rings. The van der Waals surface area contributed by atoms with Gasteiger partial charge in [0.15, 0.2) is 5.82 Å². The van der Waals surface area contributed by atoms with Crippen molar-refractivity contribution < 1.29 is 4.79 Å². The molecule has 3 rings (SSSR count). The van der Waals surface area contributed by atoms with Gasteiger partial charge >= 0.3 is 0 Å². The van der Waals surface area contributed by atoms with Crippen molar-refractivity contribution in [2.24, 2.45) is 5.92 Å². The minimum atomic E-state index is -0.105. The summed E-state index contributed by atoms with van der Waals surface area (Å²) in [5.74, 6) is 1.06. The Kier molecular flexibility index (Phi) is 11.9. The molecule has 7 heteroatoms. The number of piperidine rings is 1. The highest BCUT2D eigenvalue weighted by molar-refractivity contribution is 7.13. The fraction of sp³-hybridized carbons (Fsp3) is 0.565. The van der Waals surface area contributed by atoms with Gasteiger partial charge in [-0.05, 0) is 55.9 Å². The van der Waals surface area contributed by atoms with Crippen LogP contribution in [0, 0.1) is 12.8 Å². The Bertz CT molecular complexity index is 795. The first-order chi connectivity index (χ1) is 14.6. The third-order valence-electron chi connectivity index (χ3n) is 4.54. The molecule has 0 bridgehead atoms. The highest BCUT2D eigenvalue weighted by Crippen LogP contribution is 2.31. The number of tetrazole rings is 1. The standard InChI is InChI=1S/C19H25N5OS.2C2H6/c1-4-7-14(2)11-13-24-21-18(20-22-24)16-8-5-6-12-23(16)19(25)17-10-9-15(3)26-17;2*1-2/h4,9-11,13-14,16H,1,5-8,12H2,2-3H3;2*1-2H3/b13-11+;;. The molecule has 0 radical (unpaired) electrons. The number of rotatable bonds is 6. The molecule has 0 aliphatic carbocycles. The average Bonchev–Trinajstić information content (AvgIpc) is 3.44. The third-order valence-corrected chi connectivity index (χ3v) is 5.53. The highest BCUT2D eigenvalue weighted by Gasteiger charge is 2.32. The van der Waals surface area contributed by atoms with E-state index in [2.05, 4.69) is 28.9 Å². The van der Waals surface area contributed by atoms with E-state index in [9.17, 15) is 4.79 Å². The molecular formula is C23H37N5OS. The first kappa shape index (κ1) is 25.8. The molecule has 1 amide bonds. The molecule has 1 aliphatic heterocycles. The summed E-state index contributed by atoms with van der Waals surface area (Å²) in [6.07, 6.45) is 9.61. The Morgan fingerprint density at radius 3 is 2.67 bits per heavy atom. The lowest BCUT2D eigenvalue weighted by Gasteiger charge is -2.33. The summed E-state index contributed by atoms with van der Waals surface area (Å²) >= 11 is 1.54. The number of hydrogen-bond acceptors (Lipinski definition) is 5. The predicted octanol–water partition coefficient (Wildman–Crippen LogP) is 6.15. The molecule has 2 unspecified atom stereocenters. The molecule has 0 N–H and O–H groups in total. The number of allylic oxidation sites excluding steroid dienone is 2. The summed E-state index contributed by atoms with van der Waals surface area (Å²) < 4.78 is 0.